The van der Waals surface area contributed by atoms with Gasteiger partial charge in [0.25, 0.3) is 0 Å². The minimum Gasteiger partial charge on any atom is -0.508 e. The zero-order valence-corrected chi connectivity index (χ0v) is 17.6. The quantitative estimate of drug-likeness (QED) is 0.477. The van der Waals surface area contributed by atoms with E-state index in [9.17, 15) is 15.0 Å². The van der Waals surface area contributed by atoms with Crippen LogP contribution in [0.25, 0.3) is 0 Å². The first-order valence-electron chi connectivity index (χ1n) is 10.9. The van der Waals surface area contributed by atoms with Gasteiger partial charge in [0.05, 0.1) is 5.92 Å². The van der Waals surface area contributed by atoms with Gasteiger partial charge in [0.15, 0.2) is 0 Å². The van der Waals surface area contributed by atoms with Crippen LogP contribution < -0.4 is 0 Å². The molecule has 0 radical (unpaired) electrons. The summed E-state index contributed by atoms with van der Waals surface area (Å²) in [5.74, 6) is -0.0275. The minimum atomic E-state index is -0.695. The van der Waals surface area contributed by atoms with E-state index in [-0.39, 0.29) is 17.3 Å². The average Bonchev–Trinajstić information content (AvgIpc) is 2.64. The second-order valence-corrected chi connectivity index (χ2v) is 9.09. The fraction of sp³-hybridized carbons (Fsp3) is 0.708. The average molecular weight is 375 g/mol. The van der Waals surface area contributed by atoms with E-state index in [0.29, 0.717) is 18.1 Å². The van der Waals surface area contributed by atoms with Gasteiger partial charge >= 0.3 is 5.97 Å². The molecule has 0 spiro atoms. The zero-order valence-electron chi connectivity index (χ0n) is 17.6. The third-order valence-corrected chi connectivity index (χ3v) is 6.73. The van der Waals surface area contributed by atoms with E-state index in [2.05, 4.69) is 39.8 Å². The van der Waals surface area contributed by atoms with Gasteiger partial charge in [-0.25, -0.2) is 0 Å². The van der Waals surface area contributed by atoms with E-state index >= 15 is 0 Å². The number of aromatic hydroxyl groups is 1. The van der Waals surface area contributed by atoms with Gasteiger partial charge in [-0.05, 0) is 60.1 Å². The molecule has 2 rings (SSSR count). The number of rotatable bonds is 9. The van der Waals surface area contributed by atoms with Crippen LogP contribution in [0.3, 0.4) is 0 Å². The number of hydrogen-bond donors (Lipinski definition) is 2. The lowest BCUT2D eigenvalue weighted by Crippen LogP contribution is -2.27. The predicted octanol–water partition coefficient (Wildman–Crippen LogP) is 6.63. The number of carboxylic acid groups (broad SMARTS) is 1. The highest BCUT2D eigenvalue weighted by atomic mass is 16.4. The van der Waals surface area contributed by atoms with Crippen LogP contribution in [0.1, 0.15) is 103 Å². The molecule has 0 aromatic heterocycles. The van der Waals surface area contributed by atoms with Gasteiger partial charge in [-0.1, -0.05) is 71.9 Å². The highest BCUT2D eigenvalue weighted by Crippen LogP contribution is 2.46. The van der Waals surface area contributed by atoms with Gasteiger partial charge in [-0.2, -0.15) is 0 Å². The molecule has 3 atom stereocenters. The Balaban J connectivity index is 2.17. The smallest absolute Gasteiger partial charge is 0.306 e. The first kappa shape index (κ1) is 21.8. The van der Waals surface area contributed by atoms with Crippen molar-refractivity contribution in [3.63, 3.8) is 0 Å². The molecule has 3 heteroatoms. The molecule has 27 heavy (non-hydrogen) atoms. The van der Waals surface area contributed by atoms with E-state index in [1.54, 1.807) is 0 Å². The van der Waals surface area contributed by atoms with E-state index in [1.807, 2.05) is 6.07 Å². The molecule has 0 bridgehead atoms. The van der Waals surface area contributed by atoms with Gasteiger partial charge in [0, 0.05) is 0 Å². The molecule has 0 aliphatic heterocycles. The fourth-order valence-electron chi connectivity index (χ4n) is 4.74. The molecule has 2 N–H and O–H groups in total. The number of unbranched alkanes of at least 4 members (excludes halogenated alkanes) is 3. The molecule has 1 fully saturated rings. The molecule has 1 aromatic rings. The Morgan fingerprint density at radius 2 is 1.89 bits per heavy atom. The number of phenolic OH excluding ortho intramolecular Hbond substituents is 1. The molecule has 0 saturated heterocycles. The van der Waals surface area contributed by atoms with Crippen molar-refractivity contribution in [2.45, 2.75) is 96.8 Å². The first-order chi connectivity index (χ1) is 12.8. The Morgan fingerprint density at radius 3 is 2.48 bits per heavy atom. The molecule has 1 aliphatic rings. The minimum absolute atomic E-state index is 0.0457. The van der Waals surface area contributed by atoms with E-state index in [4.69, 9.17) is 0 Å². The molecule has 3 nitrogen and oxygen atoms in total. The van der Waals surface area contributed by atoms with Crippen molar-refractivity contribution in [1.82, 2.24) is 0 Å². The first-order valence-corrected chi connectivity index (χ1v) is 10.9. The van der Waals surface area contributed by atoms with Crippen LogP contribution in [0.4, 0.5) is 0 Å². The lowest BCUT2D eigenvalue weighted by molar-refractivity contribution is -0.143. The maximum atomic E-state index is 11.5. The predicted molar refractivity (Wildman–Crippen MR) is 111 cm³/mol. The van der Waals surface area contributed by atoms with Crippen molar-refractivity contribution < 1.29 is 15.0 Å². The lowest BCUT2D eigenvalue weighted by Gasteiger charge is -2.35. The Hall–Kier alpha value is -1.51. The summed E-state index contributed by atoms with van der Waals surface area (Å²) in [6, 6.07) is 6.16. The largest absolute Gasteiger partial charge is 0.508 e. The van der Waals surface area contributed by atoms with Crippen molar-refractivity contribution in [2.24, 2.45) is 11.8 Å². The normalized spacial score (nSPS) is 23.3. The third kappa shape index (κ3) is 5.49. The van der Waals surface area contributed by atoms with Crippen LogP contribution >= 0.6 is 0 Å². The molecule has 0 amide bonds. The van der Waals surface area contributed by atoms with E-state index in [1.165, 1.54) is 31.2 Å². The number of carboxylic acids is 1. The van der Waals surface area contributed by atoms with Crippen molar-refractivity contribution in [3.8, 4) is 5.75 Å². The zero-order chi connectivity index (χ0) is 20.0. The van der Waals surface area contributed by atoms with Gasteiger partial charge < -0.3 is 10.2 Å². The summed E-state index contributed by atoms with van der Waals surface area (Å²) in [7, 11) is 0. The van der Waals surface area contributed by atoms with Crippen molar-refractivity contribution in [1.29, 1.82) is 0 Å². The standard InChI is InChI=1S/C24H38O3/c1-5-7-8-9-14-24(3,4)19-12-13-20(22(25)16-19)21-15-18(23(26)27)11-10-17(21)6-2/h12-13,16-18,21,25H,5-11,14-15H2,1-4H3,(H,26,27)/t17-,18-,21-/m1/s1. The van der Waals surface area contributed by atoms with Crippen molar-refractivity contribution in [2.75, 3.05) is 0 Å². The van der Waals surface area contributed by atoms with Gasteiger partial charge in [0.1, 0.15) is 5.75 Å². The number of aliphatic carboxylic acids is 1. The molecular weight excluding hydrogens is 336 g/mol. The monoisotopic (exact) mass is 374 g/mol. The highest BCUT2D eigenvalue weighted by molar-refractivity contribution is 5.70. The second-order valence-electron chi connectivity index (χ2n) is 9.09. The third-order valence-electron chi connectivity index (χ3n) is 6.73. The summed E-state index contributed by atoms with van der Waals surface area (Å²) in [5.41, 5.74) is 2.17. The molecule has 1 saturated carbocycles. The van der Waals surface area contributed by atoms with E-state index in [0.717, 1.165) is 31.2 Å². The Kier molecular flexibility index (Phi) is 7.76. The van der Waals surface area contributed by atoms with E-state index < -0.39 is 5.97 Å². The van der Waals surface area contributed by atoms with Crippen molar-refractivity contribution in [3.05, 3.63) is 29.3 Å². The Bertz CT molecular complexity index is 620. The van der Waals surface area contributed by atoms with Crippen molar-refractivity contribution >= 4 is 5.97 Å². The number of carbonyl (C=O) groups is 1. The number of hydrogen-bond acceptors (Lipinski definition) is 2. The molecule has 0 heterocycles. The number of benzene rings is 1. The summed E-state index contributed by atoms with van der Waals surface area (Å²) in [4.78, 5) is 11.5. The molecule has 1 aliphatic carbocycles. The van der Waals surface area contributed by atoms with Crippen LogP contribution in [-0.4, -0.2) is 16.2 Å². The Morgan fingerprint density at radius 1 is 1.15 bits per heavy atom. The van der Waals surface area contributed by atoms with Crippen LogP contribution in [-0.2, 0) is 10.2 Å². The summed E-state index contributed by atoms with van der Waals surface area (Å²) in [6.07, 6.45) is 9.48. The molecule has 152 valence electrons. The van der Waals surface area contributed by atoms with Crippen LogP contribution in [0, 0.1) is 11.8 Å². The van der Waals surface area contributed by atoms with Gasteiger partial charge in [-0.3, -0.25) is 4.79 Å². The maximum Gasteiger partial charge on any atom is 0.306 e. The summed E-state index contributed by atoms with van der Waals surface area (Å²) >= 11 is 0. The van der Waals surface area contributed by atoms with Gasteiger partial charge in [0.2, 0.25) is 0 Å². The van der Waals surface area contributed by atoms with Crippen LogP contribution in [0.5, 0.6) is 5.75 Å². The van der Waals surface area contributed by atoms with Gasteiger partial charge in [-0.15, -0.1) is 0 Å². The topological polar surface area (TPSA) is 57.5 Å². The Labute approximate surface area is 165 Å². The molecule has 1 aromatic carbocycles. The molecular formula is C24H38O3. The second kappa shape index (κ2) is 9.61. The highest BCUT2D eigenvalue weighted by Gasteiger charge is 2.35. The lowest BCUT2D eigenvalue weighted by atomic mass is 9.69. The summed E-state index contributed by atoms with van der Waals surface area (Å²) in [6.45, 7) is 8.90. The van der Waals surface area contributed by atoms with Crippen LogP contribution in [0.2, 0.25) is 0 Å². The number of phenols is 1. The summed E-state index contributed by atoms with van der Waals surface area (Å²) in [5, 5.41) is 20.2. The summed E-state index contributed by atoms with van der Waals surface area (Å²) < 4.78 is 0. The van der Waals surface area contributed by atoms with Crippen LogP contribution in [0.15, 0.2) is 18.2 Å². The fourth-order valence-corrected chi connectivity index (χ4v) is 4.74. The maximum absolute atomic E-state index is 11.5. The molecule has 0 unspecified atom stereocenters. The SMILES string of the molecule is CCCCCCC(C)(C)c1ccc([C@@H]2C[C@H](C(=O)O)CC[C@H]2CC)c(O)c1.